The Balaban J connectivity index is 1.92. The summed E-state index contributed by atoms with van der Waals surface area (Å²) in [6.45, 7) is 14.0. The molecule has 0 bridgehead atoms. The Morgan fingerprint density at radius 3 is 2.06 bits per heavy atom. The predicted molar refractivity (Wildman–Crippen MR) is 120 cm³/mol. The van der Waals surface area contributed by atoms with Crippen molar-refractivity contribution in [2.45, 2.75) is 44.4 Å². The normalized spacial score (nSPS) is 20.4. The summed E-state index contributed by atoms with van der Waals surface area (Å²) < 4.78 is 43.7. The molecule has 0 N–H and O–H groups in total. The molecule has 0 spiro atoms. The Morgan fingerprint density at radius 1 is 0.903 bits per heavy atom. The van der Waals surface area contributed by atoms with Crippen LogP contribution >= 0.6 is 0 Å². The van der Waals surface area contributed by atoms with E-state index in [-0.39, 0.29) is 0 Å². The minimum atomic E-state index is -2.18. The molecular formula is C26H27F3SiZr. The summed E-state index contributed by atoms with van der Waals surface area (Å²) in [5, 5.41) is 0. The van der Waals surface area contributed by atoms with Gasteiger partial charge >= 0.3 is 191 Å². The van der Waals surface area contributed by atoms with E-state index >= 15 is 0 Å². The molecule has 0 fully saturated rings. The first-order chi connectivity index (χ1) is 14.6. The molecule has 0 saturated heterocycles. The number of benzene rings is 2. The molecule has 4 rings (SSSR count). The van der Waals surface area contributed by atoms with Crippen molar-refractivity contribution in [3.05, 3.63) is 96.6 Å². The van der Waals surface area contributed by atoms with Crippen LogP contribution in [0.4, 0.5) is 13.2 Å². The van der Waals surface area contributed by atoms with Crippen molar-refractivity contribution in [3.63, 3.8) is 0 Å². The zero-order chi connectivity index (χ0) is 22.6. The van der Waals surface area contributed by atoms with Gasteiger partial charge in [-0.05, 0) is 0 Å². The van der Waals surface area contributed by atoms with Crippen molar-refractivity contribution in [2.75, 3.05) is 0 Å². The second-order valence-corrected chi connectivity index (χ2v) is 26.3. The second kappa shape index (κ2) is 8.48. The van der Waals surface area contributed by atoms with Crippen molar-refractivity contribution < 1.29 is 33.5 Å². The van der Waals surface area contributed by atoms with E-state index in [4.69, 9.17) is 0 Å². The molecule has 0 aromatic heterocycles. The van der Waals surface area contributed by atoms with Crippen LogP contribution in [0, 0.1) is 23.4 Å². The molecule has 0 aliphatic heterocycles. The topological polar surface area (TPSA) is 0 Å². The monoisotopic (exact) mass is 514 g/mol. The molecule has 2 aromatic carbocycles. The molecule has 0 heterocycles. The zero-order valence-corrected chi connectivity index (χ0v) is 22.3. The van der Waals surface area contributed by atoms with Crippen LogP contribution in [-0.2, 0) is 20.4 Å². The maximum absolute atomic E-state index is 14.0. The third-order valence-electron chi connectivity index (χ3n) is 6.99. The average Bonchev–Trinajstić information content (AvgIpc) is 3.19. The Hall–Kier alpha value is -1.45. The SMILES string of the molecule is CC1=C(C)C(C)[C]([Zr]([CH]2C=C(c3cc(F)c(F)c(F)c3)c3ccccc32)=[Si](C)C)=C1C. The van der Waals surface area contributed by atoms with Crippen molar-refractivity contribution in [1.29, 1.82) is 0 Å². The van der Waals surface area contributed by atoms with Crippen molar-refractivity contribution in [3.8, 4) is 0 Å². The van der Waals surface area contributed by atoms with Crippen LogP contribution in [0.2, 0.25) is 13.1 Å². The molecule has 2 aromatic rings. The van der Waals surface area contributed by atoms with E-state index in [1.165, 1.54) is 22.3 Å². The van der Waals surface area contributed by atoms with Gasteiger partial charge in [-0.15, -0.1) is 0 Å². The first-order valence-electron chi connectivity index (χ1n) is 10.7. The number of rotatable bonds is 3. The molecule has 2 aliphatic rings. The van der Waals surface area contributed by atoms with Crippen LogP contribution in [-0.4, -0.2) is 5.43 Å². The van der Waals surface area contributed by atoms with Gasteiger partial charge in [-0.25, -0.2) is 0 Å². The van der Waals surface area contributed by atoms with Crippen LogP contribution in [0.25, 0.3) is 5.57 Å². The average molecular weight is 516 g/mol. The quantitative estimate of drug-likeness (QED) is 0.290. The molecule has 0 amide bonds. The number of hydrogen-bond acceptors (Lipinski definition) is 0. The van der Waals surface area contributed by atoms with Crippen LogP contribution in [0.1, 0.15) is 48.0 Å². The van der Waals surface area contributed by atoms with Gasteiger partial charge in [-0.2, -0.15) is 0 Å². The molecule has 31 heavy (non-hydrogen) atoms. The zero-order valence-electron chi connectivity index (χ0n) is 18.8. The van der Waals surface area contributed by atoms with Gasteiger partial charge in [0.15, 0.2) is 0 Å². The van der Waals surface area contributed by atoms with Gasteiger partial charge in [0.2, 0.25) is 0 Å². The van der Waals surface area contributed by atoms with Crippen LogP contribution < -0.4 is 0 Å². The summed E-state index contributed by atoms with van der Waals surface area (Å²) in [6.07, 6.45) is 2.25. The van der Waals surface area contributed by atoms with E-state index in [1.54, 1.807) is 3.28 Å². The summed E-state index contributed by atoms with van der Waals surface area (Å²) >= 11 is -2.18. The molecule has 2 atom stereocenters. The fourth-order valence-corrected chi connectivity index (χ4v) is 24.8. The van der Waals surface area contributed by atoms with Crippen LogP contribution in [0.15, 0.2) is 62.5 Å². The van der Waals surface area contributed by atoms with Gasteiger partial charge in [0.1, 0.15) is 0 Å². The molecule has 0 radical (unpaired) electrons. The Morgan fingerprint density at radius 2 is 1.52 bits per heavy atom. The van der Waals surface area contributed by atoms with Gasteiger partial charge in [0.05, 0.1) is 0 Å². The first-order valence-corrected chi connectivity index (χ1v) is 19.5. The summed E-state index contributed by atoms with van der Waals surface area (Å²) in [7, 11) is 0. The van der Waals surface area contributed by atoms with Gasteiger partial charge in [0, 0.05) is 0 Å². The van der Waals surface area contributed by atoms with E-state index in [0.29, 0.717) is 15.1 Å². The number of halogens is 3. The molecule has 160 valence electrons. The Kier molecular flexibility index (Phi) is 6.22. The van der Waals surface area contributed by atoms with Crippen LogP contribution in [0.5, 0.6) is 0 Å². The van der Waals surface area contributed by atoms with Gasteiger partial charge in [0.25, 0.3) is 0 Å². The molecule has 2 aliphatic carbocycles. The third-order valence-corrected chi connectivity index (χ3v) is 25.6. The van der Waals surface area contributed by atoms with Crippen molar-refractivity contribution in [1.82, 2.24) is 0 Å². The van der Waals surface area contributed by atoms with Crippen LogP contribution in [0.3, 0.4) is 0 Å². The van der Waals surface area contributed by atoms with E-state index in [2.05, 4.69) is 59.0 Å². The van der Waals surface area contributed by atoms with E-state index in [0.717, 1.165) is 23.3 Å². The Bertz CT molecular complexity index is 1210. The third kappa shape index (κ3) is 3.72. The summed E-state index contributed by atoms with van der Waals surface area (Å²) in [6, 6.07) is 10.5. The minimum absolute atomic E-state index is 0.333. The van der Waals surface area contributed by atoms with Gasteiger partial charge in [-0.1, -0.05) is 0 Å². The Labute approximate surface area is 190 Å². The summed E-state index contributed by atoms with van der Waals surface area (Å²) in [4.78, 5) is 0. The number of allylic oxidation sites excluding steroid dienone is 5. The first kappa shape index (κ1) is 22.7. The maximum atomic E-state index is 14.0. The second-order valence-electron chi connectivity index (χ2n) is 8.88. The number of fused-ring (bicyclic) bond motifs is 1. The van der Waals surface area contributed by atoms with Gasteiger partial charge < -0.3 is 0 Å². The molecule has 5 heteroatoms. The predicted octanol–water partition coefficient (Wildman–Crippen LogP) is 7.72. The molecule has 2 unspecified atom stereocenters. The van der Waals surface area contributed by atoms with E-state index in [1.807, 2.05) is 12.1 Å². The molecular weight excluding hydrogens is 489 g/mol. The number of hydrogen-bond donors (Lipinski definition) is 0. The fourth-order valence-electron chi connectivity index (χ4n) is 5.11. The van der Waals surface area contributed by atoms with Crippen molar-refractivity contribution in [2.24, 2.45) is 5.92 Å². The fraction of sp³-hybridized carbons (Fsp3) is 0.308. The molecule has 0 saturated carbocycles. The molecule has 0 nitrogen and oxygen atoms in total. The standard InChI is InChI=1S/C15H8F3.C9H13.C2H6Si.Zr/c16-13-7-10(8-14(17)15(13)18)12-6-5-9-3-1-2-4-11(9)12;1-6-5-7(2)9(4)8(6)3;1-3-2;/h1-8H;6H,1-4H3;1-2H3;. The van der Waals surface area contributed by atoms with E-state index in [9.17, 15) is 13.2 Å². The van der Waals surface area contributed by atoms with E-state index < -0.39 is 43.3 Å². The summed E-state index contributed by atoms with van der Waals surface area (Å²) in [5.74, 6) is -3.19. The van der Waals surface area contributed by atoms with Crippen molar-refractivity contribution >= 4 is 11.0 Å². The van der Waals surface area contributed by atoms with Gasteiger partial charge in [-0.3, -0.25) is 0 Å². The summed E-state index contributed by atoms with van der Waals surface area (Å²) in [5.41, 5.74) is 7.39.